The fourth-order valence-corrected chi connectivity index (χ4v) is 7.19. The van der Waals surface area contributed by atoms with Gasteiger partial charge in [0.15, 0.2) is 0 Å². The summed E-state index contributed by atoms with van der Waals surface area (Å²) in [5.41, 5.74) is 1.71. The van der Waals surface area contributed by atoms with E-state index in [9.17, 15) is 28.8 Å². The van der Waals surface area contributed by atoms with Gasteiger partial charge in [0.05, 0.1) is 6.54 Å². The molecule has 5 rings (SSSR count). The first-order valence-electron chi connectivity index (χ1n) is 17.3. The van der Waals surface area contributed by atoms with Crippen molar-refractivity contribution >= 4 is 46.3 Å². The van der Waals surface area contributed by atoms with Crippen LogP contribution in [0.1, 0.15) is 71.8 Å². The van der Waals surface area contributed by atoms with Gasteiger partial charge in [0, 0.05) is 36.6 Å². The first-order chi connectivity index (χ1) is 22.9. The van der Waals surface area contributed by atoms with E-state index in [1.807, 2.05) is 58.2 Å². The Hall–Kier alpha value is -4.42. The van der Waals surface area contributed by atoms with Crippen molar-refractivity contribution in [2.24, 2.45) is 11.8 Å². The molecule has 13 heteroatoms. The zero-order valence-corrected chi connectivity index (χ0v) is 28.3. The van der Waals surface area contributed by atoms with Gasteiger partial charge in [-0.3, -0.25) is 28.8 Å². The number of hydrogen-bond acceptors (Lipinski definition) is 6. The van der Waals surface area contributed by atoms with Crippen LogP contribution >= 0.6 is 0 Å². The van der Waals surface area contributed by atoms with Gasteiger partial charge in [0.2, 0.25) is 35.4 Å². The Morgan fingerprint density at radius 2 is 1.29 bits per heavy atom. The Labute approximate surface area is 281 Å². The van der Waals surface area contributed by atoms with Crippen LogP contribution < -0.4 is 21.3 Å². The number of nitrogens with zero attached hydrogens (tertiary/aromatic N) is 2. The standard InChI is InChI=1S/C35H49N7O6/c1-20(2)15-25-31(44)40-27(17-22-18-36-24-10-6-5-9-23(22)24)35(48)41-13-7-11-28(41)32(45)37-19-30(43)38-26(16-21(3)4)34(47)42-14-8-12-29(42)33(46)39-25/h5-6,9-10,18,20-21,25-29,36H,7-8,11-17,19H2,1-4H3,(H,37,45)(H,38,43)(H,39,46)(H,40,44). The Bertz CT molecular complexity index is 1540. The van der Waals surface area contributed by atoms with E-state index in [0.29, 0.717) is 51.6 Å². The fourth-order valence-electron chi connectivity index (χ4n) is 7.19. The van der Waals surface area contributed by atoms with E-state index in [1.165, 1.54) is 9.80 Å². The van der Waals surface area contributed by atoms with Crippen LogP contribution in [-0.2, 0) is 35.2 Å². The van der Waals surface area contributed by atoms with Crippen molar-refractivity contribution in [3.8, 4) is 0 Å². The third kappa shape index (κ3) is 7.99. The quantitative estimate of drug-likeness (QED) is 0.312. The van der Waals surface area contributed by atoms with Crippen LogP contribution in [0.25, 0.3) is 10.9 Å². The minimum absolute atomic E-state index is 0.0280. The van der Waals surface area contributed by atoms with Crippen molar-refractivity contribution in [2.75, 3.05) is 19.6 Å². The molecule has 13 nitrogen and oxygen atoms in total. The molecule has 1 aromatic heterocycles. The Morgan fingerprint density at radius 3 is 1.96 bits per heavy atom. The number of para-hydroxylation sites is 1. The molecule has 0 spiro atoms. The smallest absolute Gasteiger partial charge is 0.246 e. The van der Waals surface area contributed by atoms with Gasteiger partial charge in [-0.25, -0.2) is 0 Å². The molecule has 1 aromatic carbocycles. The summed E-state index contributed by atoms with van der Waals surface area (Å²) in [6, 6.07) is 3.17. The first kappa shape index (κ1) is 34.9. The molecule has 3 fully saturated rings. The van der Waals surface area contributed by atoms with Crippen LogP contribution in [0.5, 0.6) is 0 Å². The second-order valence-electron chi connectivity index (χ2n) is 14.2. The zero-order valence-electron chi connectivity index (χ0n) is 28.3. The molecule has 4 heterocycles. The van der Waals surface area contributed by atoms with Crippen LogP contribution in [0, 0.1) is 11.8 Å². The molecular weight excluding hydrogens is 614 g/mol. The van der Waals surface area contributed by atoms with Crippen molar-refractivity contribution in [2.45, 2.75) is 103 Å². The number of fused-ring (bicyclic) bond motifs is 3. The van der Waals surface area contributed by atoms with Gasteiger partial charge in [-0.1, -0.05) is 45.9 Å². The molecule has 3 aliphatic heterocycles. The summed E-state index contributed by atoms with van der Waals surface area (Å²) < 4.78 is 0. The zero-order chi connectivity index (χ0) is 34.5. The summed E-state index contributed by atoms with van der Waals surface area (Å²) in [5, 5.41) is 12.2. The monoisotopic (exact) mass is 663 g/mol. The van der Waals surface area contributed by atoms with Crippen molar-refractivity contribution in [1.29, 1.82) is 0 Å². The van der Waals surface area contributed by atoms with Gasteiger partial charge in [-0.05, 0) is 62.0 Å². The predicted molar refractivity (Wildman–Crippen MR) is 179 cm³/mol. The molecule has 5 unspecified atom stereocenters. The number of H-pyrrole nitrogens is 1. The number of aromatic nitrogens is 1. The van der Waals surface area contributed by atoms with Gasteiger partial charge in [-0.2, -0.15) is 0 Å². The second-order valence-corrected chi connectivity index (χ2v) is 14.2. The molecular formula is C35H49N7O6. The van der Waals surface area contributed by atoms with Gasteiger partial charge in [0.1, 0.15) is 30.2 Å². The number of nitrogens with one attached hydrogen (secondary N) is 5. The maximum atomic E-state index is 14.3. The van der Waals surface area contributed by atoms with E-state index >= 15 is 0 Å². The molecule has 48 heavy (non-hydrogen) atoms. The minimum Gasteiger partial charge on any atom is -0.361 e. The summed E-state index contributed by atoms with van der Waals surface area (Å²) in [7, 11) is 0. The molecule has 6 amide bonds. The maximum Gasteiger partial charge on any atom is 0.246 e. The van der Waals surface area contributed by atoms with Gasteiger partial charge in [-0.15, -0.1) is 0 Å². The highest BCUT2D eigenvalue weighted by Crippen LogP contribution is 2.24. The van der Waals surface area contributed by atoms with Crippen LogP contribution in [0.3, 0.4) is 0 Å². The number of rotatable bonds is 6. The Balaban J connectivity index is 1.49. The fraction of sp³-hybridized carbons (Fsp3) is 0.600. The highest BCUT2D eigenvalue weighted by molar-refractivity contribution is 5.98. The lowest BCUT2D eigenvalue weighted by molar-refractivity contribution is -0.144. The van der Waals surface area contributed by atoms with Crippen molar-refractivity contribution in [3.63, 3.8) is 0 Å². The molecule has 0 aliphatic carbocycles. The minimum atomic E-state index is -1.03. The van der Waals surface area contributed by atoms with Gasteiger partial charge >= 0.3 is 0 Å². The lowest BCUT2D eigenvalue weighted by Crippen LogP contribution is -2.60. The van der Waals surface area contributed by atoms with Crippen LogP contribution in [0.15, 0.2) is 30.5 Å². The predicted octanol–water partition coefficient (Wildman–Crippen LogP) is 1.37. The Kier molecular flexibility index (Phi) is 11.1. The molecule has 3 saturated heterocycles. The number of hydrogen-bond donors (Lipinski definition) is 5. The van der Waals surface area contributed by atoms with Crippen LogP contribution in [0.2, 0.25) is 0 Å². The Morgan fingerprint density at radius 1 is 0.708 bits per heavy atom. The molecule has 0 bridgehead atoms. The van der Waals surface area contributed by atoms with Crippen molar-refractivity contribution in [3.05, 3.63) is 36.0 Å². The third-order valence-corrected chi connectivity index (χ3v) is 9.49. The van der Waals surface area contributed by atoms with E-state index < -0.39 is 59.7 Å². The van der Waals surface area contributed by atoms with Crippen LogP contribution in [-0.4, -0.2) is 100 Å². The van der Waals surface area contributed by atoms with Crippen LogP contribution in [0.4, 0.5) is 0 Å². The molecule has 260 valence electrons. The van der Waals surface area contributed by atoms with E-state index in [2.05, 4.69) is 26.3 Å². The summed E-state index contributed by atoms with van der Waals surface area (Å²) in [6.45, 7) is 8.06. The van der Waals surface area contributed by atoms with Gasteiger partial charge in [0.25, 0.3) is 0 Å². The average Bonchev–Trinajstić information content (AvgIpc) is 3.81. The van der Waals surface area contributed by atoms with E-state index in [4.69, 9.17) is 0 Å². The van der Waals surface area contributed by atoms with Crippen molar-refractivity contribution < 1.29 is 28.8 Å². The number of amides is 6. The highest BCUT2D eigenvalue weighted by atomic mass is 16.2. The lowest BCUT2D eigenvalue weighted by Gasteiger charge is -2.32. The summed E-state index contributed by atoms with van der Waals surface area (Å²) in [4.78, 5) is 88.6. The first-order valence-corrected chi connectivity index (χ1v) is 17.3. The molecule has 5 N–H and O–H groups in total. The maximum absolute atomic E-state index is 14.3. The van der Waals surface area contributed by atoms with E-state index in [1.54, 1.807) is 0 Å². The largest absolute Gasteiger partial charge is 0.361 e. The van der Waals surface area contributed by atoms with Crippen molar-refractivity contribution in [1.82, 2.24) is 36.1 Å². The third-order valence-electron chi connectivity index (χ3n) is 9.49. The topological polar surface area (TPSA) is 173 Å². The number of benzene rings is 1. The molecule has 0 radical (unpaired) electrons. The summed E-state index contributed by atoms with van der Waals surface area (Å²) in [6.07, 6.45) is 4.64. The summed E-state index contributed by atoms with van der Waals surface area (Å²) in [5.74, 6) is -2.61. The van der Waals surface area contributed by atoms with E-state index in [-0.39, 0.29) is 30.7 Å². The second kappa shape index (κ2) is 15.2. The SMILES string of the molecule is CC(C)CC1NC(=O)C2CCCN2C(=O)C(CC(C)C)NC(=O)CNC(=O)C2CCCN2C(=O)C(Cc2c[nH]c3ccccc23)NC1=O. The van der Waals surface area contributed by atoms with Gasteiger partial charge < -0.3 is 36.1 Å². The summed E-state index contributed by atoms with van der Waals surface area (Å²) >= 11 is 0. The highest BCUT2D eigenvalue weighted by Gasteiger charge is 2.41. The molecule has 3 aliphatic rings. The van der Waals surface area contributed by atoms with E-state index in [0.717, 1.165) is 16.5 Å². The number of aromatic amines is 1. The number of carbonyl (C=O) groups is 6. The molecule has 2 aromatic rings. The average molecular weight is 664 g/mol. The molecule has 5 atom stereocenters. The lowest BCUT2D eigenvalue weighted by atomic mass is 9.99. The normalized spacial score (nSPS) is 26.6. The number of carbonyl (C=O) groups excluding carboxylic acids is 6. The molecule has 0 saturated carbocycles.